The second kappa shape index (κ2) is 4.98. The van der Waals surface area contributed by atoms with Crippen molar-refractivity contribution in [3.8, 4) is 6.07 Å². The van der Waals surface area contributed by atoms with Crippen molar-refractivity contribution in [1.29, 1.82) is 5.26 Å². The van der Waals surface area contributed by atoms with Crippen molar-refractivity contribution < 1.29 is 0 Å². The first-order chi connectivity index (χ1) is 9.78. The number of fused-ring (bicyclic) bond motifs is 1. The Morgan fingerprint density at radius 2 is 2.00 bits per heavy atom. The van der Waals surface area contributed by atoms with Gasteiger partial charge in [0.05, 0.1) is 16.8 Å². The van der Waals surface area contributed by atoms with Gasteiger partial charge < -0.3 is 5.32 Å². The van der Waals surface area contributed by atoms with Crippen LogP contribution in [0.3, 0.4) is 0 Å². The van der Waals surface area contributed by atoms with E-state index < -0.39 is 0 Å². The lowest BCUT2D eigenvalue weighted by Crippen LogP contribution is -1.98. The van der Waals surface area contributed by atoms with Gasteiger partial charge in [0.2, 0.25) is 0 Å². The number of aryl methyl sites for hydroxylation is 1. The Bertz CT molecular complexity index is 818. The highest BCUT2D eigenvalue weighted by Crippen LogP contribution is 2.26. The van der Waals surface area contributed by atoms with Crippen molar-refractivity contribution in [3.05, 3.63) is 59.9 Å². The Balaban J connectivity index is 2.14. The minimum atomic E-state index is 0.519. The maximum absolute atomic E-state index is 9.12. The molecule has 2 aromatic heterocycles. The van der Waals surface area contributed by atoms with Crippen LogP contribution in [0.2, 0.25) is 0 Å². The van der Waals surface area contributed by atoms with Crippen LogP contribution in [0.1, 0.15) is 11.3 Å². The van der Waals surface area contributed by atoms with Crippen LogP contribution in [0.5, 0.6) is 0 Å². The van der Waals surface area contributed by atoms with Gasteiger partial charge in [-0.05, 0) is 31.2 Å². The van der Waals surface area contributed by atoms with Crippen LogP contribution in [0, 0.1) is 18.3 Å². The first kappa shape index (κ1) is 12.1. The van der Waals surface area contributed by atoms with Crippen LogP contribution in [0.15, 0.2) is 48.7 Å². The molecule has 0 saturated heterocycles. The standard InChI is InChI=1S/C16H12N4/c1-11-9-15(13-6-2-3-7-14(13)19-11)20-16-12(10-17)5-4-8-18-16/h2-9H,1H3,(H,18,19,20). The summed E-state index contributed by atoms with van der Waals surface area (Å²) in [6.07, 6.45) is 1.67. The smallest absolute Gasteiger partial charge is 0.148 e. The van der Waals surface area contributed by atoms with Crippen LogP contribution >= 0.6 is 0 Å². The fourth-order valence-corrected chi connectivity index (χ4v) is 2.13. The highest BCUT2D eigenvalue weighted by Gasteiger charge is 2.07. The minimum Gasteiger partial charge on any atom is -0.339 e. The molecular weight excluding hydrogens is 248 g/mol. The van der Waals surface area contributed by atoms with E-state index >= 15 is 0 Å². The highest BCUT2D eigenvalue weighted by atomic mass is 15.0. The van der Waals surface area contributed by atoms with Gasteiger partial charge in [0.1, 0.15) is 11.9 Å². The van der Waals surface area contributed by atoms with Gasteiger partial charge in [-0.25, -0.2) is 4.98 Å². The molecule has 4 nitrogen and oxygen atoms in total. The lowest BCUT2D eigenvalue weighted by Gasteiger charge is -2.10. The molecule has 2 heterocycles. The normalized spacial score (nSPS) is 10.2. The molecule has 3 rings (SSSR count). The molecule has 1 N–H and O–H groups in total. The lowest BCUT2D eigenvalue weighted by molar-refractivity contribution is 1.24. The third-order valence-corrected chi connectivity index (χ3v) is 3.03. The number of hydrogen-bond acceptors (Lipinski definition) is 4. The van der Waals surface area contributed by atoms with Crippen LogP contribution < -0.4 is 5.32 Å². The van der Waals surface area contributed by atoms with E-state index in [4.69, 9.17) is 5.26 Å². The van der Waals surface area contributed by atoms with Crippen molar-refractivity contribution in [1.82, 2.24) is 9.97 Å². The maximum atomic E-state index is 9.12. The molecule has 0 saturated carbocycles. The quantitative estimate of drug-likeness (QED) is 0.765. The summed E-state index contributed by atoms with van der Waals surface area (Å²) in [5, 5.41) is 13.4. The minimum absolute atomic E-state index is 0.519. The van der Waals surface area contributed by atoms with Crippen molar-refractivity contribution in [2.24, 2.45) is 0 Å². The highest BCUT2D eigenvalue weighted by molar-refractivity contribution is 5.93. The zero-order valence-corrected chi connectivity index (χ0v) is 11.0. The first-order valence-electron chi connectivity index (χ1n) is 6.26. The molecule has 0 amide bonds. The van der Waals surface area contributed by atoms with Crippen molar-refractivity contribution in [3.63, 3.8) is 0 Å². The average Bonchev–Trinajstić information content (AvgIpc) is 2.47. The summed E-state index contributed by atoms with van der Waals surface area (Å²) in [5.41, 5.74) is 3.26. The number of nitrogens with zero attached hydrogens (tertiary/aromatic N) is 3. The Labute approximate surface area is 116 Å². The molecule has 0 aliphatic heterocycles. The van der Waals surface area contributed by atoms with Gasteiger partial charge in [-0.3, -0.25) is 4.98 Å². The van der Waals surface area contributed by atoms with Gasteiger partial charge in [0, 0.05) is 17.3 Å². The summed E-state index contributed by atoms with van der Waals surface area (Å²) in [6.45, 7) is 1.95. The topological polar surface area (TPSA) is 61.6 Å². The van der Waals surface area contributed by atoms with Crippen molar-refractivity contribution in [2.45, 2.75) is 6.92 Å². The summed E-state index contributed by atoms with van der Waals surface area (Å²) in [7, 11) is 0. The Kier molecular flexibility index (Phi) is 3.02. The van der Waals surface area contributed by atoms with E-state index in [0.29, 0.717) is 11.4 Å². The van der Waals surface area contributed by atoms with Crippen LogP contribution in [0.4, 0.5) is 11.5 Å². The molecule has 20 heavy (non-hydrogen) atoms. The SMILES string of the molecule is Cc1cc(Nc2ncccc2C#N)c2ccccc2n1. The molecule has 0 aliphatic rings. The molecule has 1 aromatic carbocycles. The van der Waals surface area contributed by atoms with E-state index in [-0.39, 0.29) is 0 Å². The number of nitrogens with one attached hydrogen (secondary N) is 1. The Hall–Kier alpha value is -2.93. The van der Waals surface area contributed by atoms with E-state index in [0.717, 1.165) is 22.3 Å². The average molecular weight is 260 g/mol. The van der Waals surface area contributed by atoms with E-state index in [1.807, 2.05) is 37.3 Å². The molecular formula is C16H12N4. The van der Waals surface area contributed by atoms with Gasteiger partial charge >= 0.3 is 0 Å². The maximum Gasteiger partial charge on any atom is 0.148 e. The second-order valence-electron chi connectivity index (χ2n) is 4.46. The summed E-state index contributed by atoms with van der Waals surface area (Å²) >= 11 is 0. The summed E-state index contributed by atoms with van der Waals surface area (Å²) in [4.78, 5) is 8.72. The summed E-state index contributed by atoms with van der Waals surface area (Å²) in [5.74, 6) is 0.561. The second-order valence-corrected chi connectivity index (χ2v) is 4.46. The lowest BCUT2D eigenvalue weighted by atomic mass is 10.1. The number of benzene rings is 1. The molecule has 0 bridgehead atoms. The van der Waals surface area contributed by atoms with Gasteiger partial charge in [-0.1, -0.05) is 18.2 Å². The van der Waals surface area contributed by atoms with Crippen LogP contribution in [-0.2, 0) is 0 Å². The molecule has 96 valence electrons. The van der Waals surface area contributed by atoms with Gasteiger partial charge in [0.15, 0.2) is 0 Å². The number of rotatable bonds is 2. The van der Waals surface area contributed by atoms with Crippen LogP contribution in [0.25, 0.3) is 10.9 Å². The zero-order valence-electron chi connectivity index (χ0n) is 11.0. The van der Waals surface area contributed by atoms with Gasteiger partial charge in [0.25, 0.3) is 0 Å². The molecule has 0 unspecified atom stereocenters. The van der Waals surface area contributed by atoms with E-state index in [1.54, 1.807) is 18.3 Å². The monoisotopic (exact) mass is 260 g/mol. The van der Waals surface area contributed by atoms with Crippen molar-refractivity contribution >= 4 is 22.4 Å². The van der Waals surface area contributed by atoms with E-state index in [1.165, 1.54) is 0 Å². The van der Waals surface area contributed by atoms with Gasteiger partial charge in [-0.15, -0.1) is 0 Å². The molecule has 0 atom stereocenters. The number of pyridine rings is 2. The Morgan fingerprint density at radius 3 is 2.85 bits per heavy atom. The molecule has 3 aromatic rings. The zero-order chi connectivity index (χ0) is 13.9. The van der Waals surface area contributed by atoms with Crippen LogP contribution in [-0.4, -0.2) is 9.97 Å². The van der Waals surface area contributed by atoms with E-state index in [2.05, 4.69) is 21.4 Å². The molecule has 0 aliphatic carbocycles. The third-order valence-electron chi connectivity index (χ3n) is 3.03. The third kappa shape index (κ3) is 2.17. The summed E-state index contributed by atoms with van der Waals surface area (Å²) in [6, 6.07) is 15.5. The summed E-state index contributed by atoms with van der Waals surface area (Å²) < 4.78 is 0. The van der Waals surface area contributed by atoms with Gasteiger partial charge in [-0.2, -0.15) is 5.26 Å². The molecule has 0 fully saturated rings. The first-order valence-corrected chi connectivity index (χ1v) is 6.26. The molecule has 0 radical (unpaired) electrons. The number of anilines is 2. The van der Waals surface area contributed by atoms with E-state index in [9.17, 15) is 0 Å². The Morgan fingerprint density at radius 1 is 1.15 bits per heavy atom. The number of para-hydroxylation sites is 1. The number of hydrogen-bond donors (Lipinski definition) is 1. The predicted molar refractivity (Wildman–Crippen MR) is 78.7 cm³/mol. The molecule has 4 heteroatoms. The molecule has 0 spiro atoms. The predicted octanol–water partition coefficient (Wildman–Crippen LogP) is 3.55. The number of nitriles is 1. The number of aromatic nitrogens is 2. The largest absolute Gasteiger partial charge is 0.339 e. The fourth-order valence-electron chi connectivity index (χ4n) is 2.13. The fraction of sp³-hybridized carbons (Fsp3) is 0.0625. The van der Waals surface area contributed by atoms with Crippen molar-refractivity contribution in [2.75, 3.05) is 5.32 Å².